The van der Waals surface area contributed by atoms with Crippen molar-refractivity contribution >= 4 is 29.1 Å². The first kappa shape index (κ1) is 15.7. The summed E-state index contributed by atoms with van der Waals surface area (Å²) in [6.07, 6.45) is 3.10. The van der Waals surface area contributed by atoms with Crippen LogP contribution in [0.4, 0.5) is 11.4 Å². The molecule has 4 nitrogen and oxygen atoms in total. The lowest BCUT2D eigenvalue weighted by Crippen LogP contribution is -2.14. The molecule has 3 N–H and O–H groups in total. The van der Waals surface area contributed by atoms with E-state index in [1.807, 2.05) is 11.8 Å². The number of thioether (sulfide) groups is 1. The molecule has 106 valence electrons. The van der Waals surface area contributed by atoms with E-state index in [0.29, 0.717) is 28.8 Å². The molecule has 0 heterocycles. The lowest BCUT2D eigenvalue weighted by atomic mass is 10.1. The Bertz CT molecular complexity index is 424. The number of nitrogens with one attached hydrogen (secondary N) is 1. The largest absolute Gasteiger partial charge is 0.462 e. The standard InChI is InChI=1S/C14H22N2O2S/c1-4-18-14(17)11-6-5-7-12(15)13(11)16-9-8-10(2)19-3/h5-7,10,16H,4,8-9,15H2,1-3H3. The van der Waals surface area contributed by atoms with Crippen LogP contribution in [-0.2, 0) is 4.74 Å². The van der Waals surface area contributed by atoms with Crippen molar-refractivity contribution in [2.75, 3.05) is 30.5 Å². The predicted octanol–water partition coefficient (Wildman–Crippen LogP) is 3.00. The number of benzene rings is 1. The van der Waals surface area contributed by atoms with E-state index < -0.39 is 0 Å². The van der Waals surface area contributed by atoms with E-state index in [2.05, 4.69) is 18.5 Å². The van der Waals surface area contributed by atoms with Gasteiger partial charge in [0.1, 0.15) is 0 Å². The van der Waals surface area contributed by atoms with Crippen molar-refractivity contribution in [1.82, 2.24) is 0 Å². The van der Waals surface area contributed by atoms with Crippen molar-refractivity contribution in [3.63, 3.8) is 0 Å². The molecule has 1 rings (SSSR count). The zero-order valence-electron chi connectivity index (χ0n) is 11.7. The van der Waals surface area contributed by atoms with E-state index in [4.69, 9.17) is 10.5 Å². The van der Waals surface area contributed by atoms with Gasteiger partial charge in [-0.3, -0.25) is 0 Å². The average Bonchev–Trinajstić information content (AvgIpc) is 2.40. The molecule has 0 bridgehead atoms. The molecule has 0 aliphatic heterocycles. The number of para-hydroxylation sites is 1. The Hall–Kier alpha value is -1.36. The second kappa shape index (κ2) is 7.94. The molecular formula is C14H22N2O2S. The van der Waals surface area contributed by atoms with Crippen LogP contribution in [0.2, 0.25) is 0 Å². The van der Waals surface area contributed by atoms with Gasteiger partial charge in [-0.15, -0.1) is 0 Å². The lowest BCUT2D eigenvalue weighted by molar-refractivity contribution is 0.0527. The highest BCUT2D eigenvalue weighted by atomic mass is 32.2. The fourth-order valence-corrected chi connectivity index (χ4v) is 2.02. The Morgan fingerprint density at radius 2 is 2.26 bits per heavy atom. The lowest BCUT2D eigenvalue weighted by Gasteiger charge is -2.15. The zero-order valence-corrected chi connectivity index (χ0v) is 12.5. The number of anilines is 2. The second-order valence-corrected chi connectivity index (χ2v) is 5.53. The maximum Gasteiger partial charge on any atom is 0.340 e. The molecule has 0 spiro atoms. The van der Waals surface area contributed by atoms with Crippen molar-refractivity contribution in [3.05, 3.63) is 23.8 Å². The monoisotopic (exact) mass is 282 g/mol. The van der Waals surface area contributed by atoms with E-state index >= 15 is 0 Å². The number of carbonyl (C=O) groups excluding carboxylic acids is 1. The normalized spacial score (nSPS) is 11.9. The number of ether oxygens (including phenoxy) is 1. The minimum absolute atomic E-state index is 0.338. The van der Waals surface area contributed by atoms with E-state index in [9.17, 15) is 4.79 Å². The Balaban J connectivity index is 2.77. The molecule has 0 fully saturated rings. The molecule has 1 unspecified atom stereocenters. The highest BCUT2D eigenvalue weighted by molar-refractivity contribution is 7.99. The summed E-state index contributed by atoms with van der Waals surface area (Å²) in [6, 6.07) is 5.27. The van der Waals surface area contributed by atoms with Gasteiger partial charge >= 0.3 is 5.97 Å². The van der Waals surface area contributed by atoms with E-state index in [1.54, 1.807) is 25.1 Å². The summed E-state index contributed by atoms with van der Waals surface area (Å²) < 4.78 is 5.03. The highest BCUT2D eigenvalue weighted by Crippen LogP contribution is 2.24. The van der Waals surface area contributed by atoms with Crippen LogP contribution >= 0.6 is 11.8 Å². The van der Waals surface area contributed by atoms with Gasteiger partial charge in [-0.25, -0.2) is 4.79 Å². The van der Waals surface area contributed by atoms with Gasteiger partial charge in [0.2, 0.25) is 0 Å². The van der Waals surface area contributed by atoms with Crippen molar-refractivity contribution in [1.29, 1.82) is 0 Å². The summed E-state index contributed by atoms with van der Waals surface area (Å²) in [6.45, 7) is 5.10. The Morgan fingerprint density at radius 1 is 1.53 bits per heavy atom. The average molecular weight is 282 g/mol. The van der Waals surface area contributed by atoms with Gasteiger partial charge in [0.05, 0.1) is 23.5 Å². The van der Waals surface area contributed by atoms with Gasteiger partial charge in [-0.1, -0.05) is 13.0 Å². The first-order valence-electron chi connectivity index (χ1n) is 6.42. The van der Waals surface area contributed by atoms with Crippen molar-refractivity contribution in [2.24, 2.45) is 0 Å². The molecule has 0 radical (unpaired) electrons. The number of nitrogens with two attached hydrogens (primary N) is 1. The molecule has 1 aromatic rings. The molecule has 5 heteroatoms. The number of hydrogen-bond donors (Lipinski definition) is 2. The molecule has 0 saturated carbocycles. The van der Waals surface area contributed by atoms with Gasteiger partial charge in [-0.2, -0.15) is 11.8 Å². The summed E-state index contributed by atoms with van der Waals surface area (Å²) in [5, 5.41) is 3.82. The molecule has 0 aliphatic rings. The van der Waals surface area contributed by atoms with Gasteiger partial charge in [0.15, 0.2) is 0 Å². The highest BCUT2D eigenvalue weighted by Gasteiger charge is 2.14. The number of esters is 1. The molecule has 0 aromatic heterocycles. The maximum absolute atomic E-state index is 11.8. The van der Waals surface area contributed by atoms with Crippen LogP contribution in [0, 0.1) is 0 Å². The van der Waals surface area contributed by atoms with Crippen molar-refractivity contribution < 1.29 is 9.53 Å². The first-order chi connectivity index (χ1) is 9.10. The smallest absolute Gasteiger partial charge is 0.340 e. The Morgan fingerprint density at radius 3 is 2.89 bits per heavy atom. The quantitative estimate of drug-likeness (QED) is 0.594. The van der Waals surface area contributed by atoms with Crippen LogP contribution in [0.25, 0.3) is 0 Å². The van der Waals surface area contributed by atoms with Crippen LogP contribution in [0.5, 0.6) is 0 Å². The second-order valence-electron chi connectivity index (χ2n) is 4.25. The summed E-state index contributed by atoms with van der Waals surface area (Å²) in [7, 11) is 0. The molecule has 1 aromatic carbocycles. The van der Waals surface area contributed by atoms with Gasteiger partial charge < -0.3 is 15.8 Å². The topological polar surface area (TPSA) is 64.3 Å². The third kappa shape index (κ3) is 4.67. The van der Waals surface area contributed by atoms with Gasteiger partial charge in [-0.05, 0) is 31.7 Å². The fraction of sp³-hybridized carbons (Fsp3) is 0.500. The minimum atomic E-state index is -0.338. The van der Waals surface area contributed by atoms with E-state index in [0.717, 1.165) is 13.0 Å². The van der Waals surface area contributed by atoms with Crippen molar-refractivity contribution in [3.8, 4) is 0 Å². The van der Waals surface area contributed by atoms with Gasteiger partial charge in [0.25, 0.3) is 0 Å². The van der Waals surface area contributed by atoms with Crippen LogP contribution in [0.1, 0.15) is 30.6 Å². The third-order valence-electron chi connectivity index (χ3n) is 2.85. The molecule has 1 atom stereocenters. The fourth-order valence-electron chi connectivity index (χ4n) is 1.66. The number of nitrogen functional groups attached to an aromatic ring is 1. The number of hydrogen-bond acceptors (Lipinski definition) is 5. The Labute approximate surface area is 119 Å². The molecule has 0 saturated heterocycles. The summed E-state index contributed by atoms with van der Waals surface area (Å²) in [4.78, 5) is 11.8. The molecule has 19 heavy (non-hydrogen) atoms. The summed E-state index contributed by atoms with van der Waals surface area (Å²) in [5.41, 5.74) is 7.67. The molecule has 0 aliphatic carbocycles. The van der Waals surface area contributed by atoms with E-state index in [1.165, 1.54) is 0 Å². The minimum Gasteiger partial charge on any atom is -0.462 e. The van der Waals surface area contributed by atoms with Crippen LogP contribution in [-0.4, -0.2) is 30.6 Å². The van der Waals surface area contributed by atoms with Gasteiger partial charge in [0, 0.05) is 11.8 Å². The van der Waals surface area contributed by atoms with Crippen LogP contribution in [0.15, 0.2) is 18.2 Å². The maximum atomic E-state index is 11.8. The SMILES string of the molecule is CCOC(=O)c1cccc(N)c1NCCC(C)SC. The summed E-state index contributed by atoms with van der Waals surface area (Å²) >= 11 is 1.82. The summed E-state index contributed by atoms with van der Waals surface area (Å²) in [5.74, 6) is -0.338. The third-order valence-corrected chi connectivity index (χ3v) is 3.89. The number of rotatable bonds is 7. The predicted molar refractivity (Wildman–Crippen MR) is 82.9 cm³/mol. The zero-order chi connectivity index (χ0) is 14.3. The Kier molecular flexibility index (Phi) is 6.56. The first-order valence-corrected chi connectivity index (χ1v) is 7.71. The van der Waals surface area contributed by atoms with Crippen LogP contribution in [0.3, 0.4) is 0 Å². The van der Waals surface area contributed by atoms with E-state index in [-0.39, 0.29) is 5.97 Å². The number of carbonyl (C=O) groups is 1. The van der Waals surface area contributed by atoms with Crippen molar-refractivity contribution in [2.45, 2.75) is 25.5 Å². The molecule has 0 amide bonds. The van der Waals surface area contributed by atoms with Crippen LogP contribution < -0.4 is 11.1 Å². The molecular weight excluding hydrogens is 260 g/mol.